The molecule has 1 aromatic carbocycles. The Morgan fingerprint density at radius 1 is 1.20 bits per heavy atom. The highest BCUT2D eigenvalue weighted by Gasteiger charge is 2.22. The number of nitrogens with two attached hydrogens (primary N) is 1. The fourth-order valence-electron chi connectivity index (χ4n) is 2.28. The van der Waals surface area contributed by atoms with Gasteiger partial charge in [0.15, 0.2) is 0 Å². The van der Waals surface area contributed by atoms with Crippen LogP contribution in [0, 0.1) is 11.7 Å². The zero-order chi connectivity index (χ0) is 19.3. The van der Waals surface area contributed by atoms with Crippen LogP contribution in [0.3, 0.4) is 0 Å². The van der Waals surface area contributed by atoms with Crippen molar-refractivity contribution >= 4 is 25.7 Å². The predicted octanol–water partition coefficient (Wildman–Crippen LogP) is 1.63. The van der Waals surface area contributed by atoms with E-state index in [1.807, 2.05) is 13.8 Å². The van der Waals surface area contributed by atoms with Crippen LogP contribution in [0.15, 0.2) is 23.1 Å². The first kappa shape index (κ1) is 21.8. The molecule has 144 valence electrons. The Labute approximate surface area is 149 Å². The van der Waals surface area contributed by atoms with Crippen molar-refractivity contribution in [2.75, 3.05) is 17.0 Å². The van der Waals surface area contributed by atoms with Gasteiger partial charge in [-0.1, -0.05) is 20.8 Å². The van der Waals surface area contributed by atoms with E-state index in [0.29, 0.717) is 12.8 Å². The van der Waals surface area contributed by atoms with Crippen molar-refractivity contribution in [1.82, 2.24) is 4.72 Å². The molecular weight excluding hydrogens is 369 g/mol. The van der Waals surface area contributed by atoms with Crippen LogP contribution in [0.5, 0.6) is 0 Å². The van der Waals surface area contributed by atoms with Crippen LogP contribution in [0.4, 0.5) is 10.1 Å². The molecule has 7 nitrogen and oxygen atoms in total. The second kappa shape index (κ2) is 8.93. The molecule has 1 rings (SSSR count). The van der Waals surface area contributed by atoms with Crippen molar-refractivity contribution < 1.29 is 21.2 Å². The minimum absolute atomic E-state index is 0.120. The van der Waals surface area contributed by atoms with Crippen molar-refractivity contribution in [3.8, 4) is 0 Å². The molecule has 0 aliphatic heterocycles. The first-order chi connectivity index (χ1) is 11.5. The maximum absolute atomic E-state index is 14.1. The Bertz CT molecular complexity index is 780. The Morgan fingerprint density at radius 3 is 2.32 bits per heavy atom. The number of sulfonamides is 2. The third-order valence-electron chi connectivity index (χ3n) is 3.35. The quantitative estimate of drug-likeness (QED) is 0.556. The summed E-state index contributed by atoms with van der Waals surface area (Å²) in [5.74, 6) is -0.874. The van der Waals surface area contributed by atoms with Gasteiger partial charge in [-0.25, -0.2) is 25.9 Å². The molecule has 10 heteroatoms. The van der Waals surface area contributed by atoms with E-state index < -0.39 is 31.9 Å². The Morgan fingerprint density at radius 2 is 1.84 bits per heavy atom. The molecule has 0 aromatic heterocycles. The maximum atomic E-state index is 14.1. The summed E-state index contributed by atoms with van der Waals surface area (Å²) in [5.41, 5.74) is 5.29. The van der Waals surface area contributed by atoms with E-state index in [1.54, 1.807) is 6.92 Å². The summed E-state index contributed by atoms with van der Waals surface area (Å²) >= 11 is 0. The summed E-state index contributed by atoms with van der Waals surface area (Å²) in [7, 11) is -7.62. The molecule has 1 atom stereocenters. The van der Waals surface area contributed by atoms with Crippen molar-refractivity contribution in [2.24, 2.45) is 11.7 Å². The monoisotopic (exact) mass is 395 g/mol. The number of anilines is 1. The third-order valence-corrected chi connectivity index (χ3v) is 6.35. The van der Waals surface area contributed by atoms with Crippen molar-refractivity contribution in [3.05, 3.63) is 24.0 Å². The van der Waals surface area contributed by atoms with Crippen molar-refractivity contribution in [1.29, 1.82) is 0 Å². The lowest BCUT2D eigenvalue weighted by molar-refractivity contribution is 0.465. The van der Waals surface area contributed by atoms with E-state index in [4.69, 9.17) is 5.73 Å². The Hall–Kier alpha value is -1.23. The molecule has 0 radical (unpaired) electrons. The number of benzene rings is 1. The molecule has 1 unspecified atom stereocenters. The van der Waals surface area contributed by atoms with Gasteiger partial charge in [-0.05, 0) is 37.0 Å². The number of hydrogen-bond donors (Lipinski definition) is 3. The number of nitrogens with one attached hydrogen (secondary N) is 2. The standard InChI is InChI=1S/C15H26FN3O4S2/c1-4-7-24(20,21)19-15-6-5-13(9-14(15)16)25(22,23)18-12(10-17)8-11(2)3/h5-6,9,11-12,18-19H,4,7-8,10,17H2,1-3H3. The van der Waals surface area contributed by atoms with Gasteiger partial charge in [-0.3, -0.25) is 4.72 Å². The van der Waals surface area contributed by atoms with Gasteiger partial charge < -0.3 is 5.73 Å². The van der Waals surface area contributed by atoms with Crippen LogP contribution >= 0.6 is 0 Å². The summed E-state index contributed by atoms with van der Waals surface area (Å²) < 4.78 is 66.8. The van der Waals surface area contributed by atoms with Crippen LogP contribution < -0.4 is 15.2 Å². The van der Waals surface area contributed by atoms with E-state index in [-0.39, 0.29) is 28.8 Å². The lowest BCUT2D eigenvalue weighted by Gasteiger charge is -2.19. The van der Waals surface area contributed by atoms with Crippen LogP contribution in [-0.4, -0.2) is 35.2 Å². The molecule has 0 fully saturated rings. The molecule has 0 aliphatic carbocycles. The number of halogens is 1. The van der Waals surface area contributed by atoms with Gasteiger partial charge in [0.1, 0.15) is 5.82 Å². The molecule has 25 heavy (non-hydrogen) atoms. The van der Waals surface area contributed by atoms with Crippen LogP contribution in [-0.2, 0) is 20.0 Å². The van der Waals surface area contributed by atoms with Crippen LogP contribution in [0.1, 0.15) is 33.6 Å². The molecular formula is C15H26FN3O4S2. The largest absolute Gasteiger partial charge is 0.329 e. The van der Waals surface area contributed by atoms with E-state index >= 15 is 0 Å². The summed E-state index contributed by atoms with van der Waals surface area (Å²) in [5, 5.41) is 0. The average Bonchev–Trinajstić information content (AvgIpc) is 2.47. The van der Waals surface area contributed by atoms with Gasteiger partial charge in [0.25, 0.3) is 0 Å². The highest BCUT2D eigenvalue weighted by atomic mass is 32.2. The maximum Gasteiger partial charge on any atom is 0.240 e. The zero-order valence-corrected chi connectivity index (χ0v) is 16.3. The first-order valence-corrected chi connectivity index (χ1v) is 11.2. The lowest BCUT2D eigenvalue weighted by atomic mass is 10.1. The highest BCUT2D eigenvalue weighted by molar-refractivity contribution is 7.92. The predicted molar refractivity (Wildman–Crippen MR) is 96.7 cm³/mol. The average molecular weight is 396 g/mol. The normalized spacial score (nSPS) is 13.8. The summed E-state index contributed by atoms with van der Waals surface area (Å²) in [4.78, 5) is -0.286. The third kappa shape index (κ3) is 6.89. The number of hydrogen-bond acceptors (Lipinski definition) is 5. The zero-order valence-electron chi connectivity index (χ0n) is 14.6. The van der Waals surface area contributed by atoms with Gasteiger partial charge in [-0.2, -0.15) is 0 Å². The van der Waals surface area contributed by atoms with Gasteiger partial charge in [-0.15, -0.1) is 0 Å². The molecule has 0 saturated carbocycles. The van der Waals surface area contributed by atoms with Gasteiger partial charge >= 0.3 is 0 Å². The highest BCUT2D eigenvalue weighted by Crippen LogP contribution is 2.21. The lowest BCUT2D eigenvalue weighted by Crippen LogP contribution is -2.41. The van der Waals surface area contributed by atoms with Crippen molar-refractivity contribution in [3.63, 3.8) is 0 Å². The summed E-state index contributed by atoms with van der Waals surface area (Å²) in [6, 6.07) is 2.57. The van der Waals surface area contributed by atoms with Crippen LogP contribution in [0.25, 0.3) is 0 Å². The first-order valence-electron chi connectivity index (χ1n) is 8.03. The minimum atomic E-state index is -3.96. The second-order valence-electron chi connectivity index (χ2n) is 6.25. The minimum Gasteiger partial charge on any atom is -0.329 e. The Balaban J connectivity index is 3.01. The fraction of sp³-hybridized carbons (Fsp3) is 0.600. The topological polar surface area (TPSA) is 118 Å². The number of rotatable bonds is 10. The Kier molecular flexibility index (Phi) is 7.79. The van der Waals surface area contributed by atoms with E-state index in [0.717, 1.165) is 18.2 Å². The van der Waals surface area contributed by atoms with Gasteiger partial charge in [0.05, 0.1) is 16.3 Å². The SMILES string of the molecule is CCCS(=O)(=O)Nc1ccc(S(=O)(=O)NC(CN)CC(C)C)cc1F. The van der Waals surface area contributed by atoms with Gasteiger partial charge in [0, 0.05) is 12.6 Å². The molecule has 0 heterocycles. The summed E-state index contributed by atoms with van der Waals surface area (Å²) in [6.45, 7) is 5.68. The molecule has 4 N–H and O–H groups in total. The van der Waals surface area contributed by atoms with Gasteiger partial charge in [0.2, 0.25) is 20.0 Å². The van der Waals surface area contributed by atoms with E-state index in [9.17, 15) is 21.2 Å². The molecule has 0 bridgehead atoms. The molecule has 0 aliphatic rings. The second-order valence-corrected chi connectivity index (χ2v) is 9.80. The fourth-order valence-corrected chi connectivity index (χ4v) is 4.70. The molecule has 0 amide bonds. The molecule has 0 spiro atoms. The van der Waals surface area contributed by atoms with E-state index in [2.05, 4.69) is 9.44 Å². The molecule has 1 aromatic rings. The van der Waals surface area contributed by atoms with Crippen molar-refractivity contribution in [2.45, 2.75) is 44.6 Å². The van der Waals surface area contributed by atoms with Crippen LogP contribution in [0.2, 0.25) is 0 Å². The van der Waals surface area contributed by atoms with E-state index in [1.165, 1.54) is 0 Å². The smallest absolute Gasteiger partial charge is 0.240 e. The summed E-state index contributed by atoms with van der Waals surface area (Å²) in [6.07, 6.45) is 0.927. The molecule has 0 saturated heterocycles.